The first-order valence-electron chi connectivity index (χ1n) is 6.78. The van der Waals surface area contributed by atoms with Gasteiger partial charge in [0.15, 0.2) is 0 Å². The van der Waals surface area contributed by atoms with Gasteiger partial charge >= 0.3 is 0 Å². The minimum absolute atomic E-state index is 0.150. The van der Waals surface area contributed by atoms with E-state index in [1.807, 2.05) is 0 Å². The van der Waals surface area contributed by atoms with Gasteiger partial charge in [-0.25, -0.2) is 0 Å². The molecule has 6 heteroatoms. The van der Waals surface area contributed by atoms with Crippen molar-refractivity contribution in [3.63, 3.8) is 0 Å². The van der Waals surface area contributed by atoms with E-state index in [0.29, 0.717) is 6.04 Å². The Morgan fingerprint density at radius 1 is 1.11 bits per heavy atom. The average Bonchev–Trinajstić information content (AvgIpc) is 2.35. The molecule has 1 rings (SSSR count). The van der Waals surface area contributed by atoms with Gasteiger partial charge in [0.05, 0.1) is 0 Å². The predicted molar refractivity (Wildman–Crippen MR) is 74.7 cm³/mol. The van der Waals surface area contributed by atoms with Gasteiger partial charge in [-0.15, -0.1) is 0 Å². The summed E-state index contributed by atoms with van der Waals surface area (Å²) >= 11 is 0. The summed E-state index contributed by atoms with van der Waals surface area (Å²) in [6.07, 6.45) is 5.18. The van der Waals surface area contributed by atoms with Crippen LogP contribution in [0.1, 0.15) is 39.0 Å². The zero-order valence-corrected chi connectivity index (χ0v) is 12.8. The molecule has 0 aromatic heterocycles. The van der Waals surface area contributed by atoms with Gasteiger partial charge in [-0.2, -0.15) is 17.0 Å². The van der Waals surface area contributed by atoms with Crippen LogP contribution in [0, 0.1) is 0 Å². The van der Waals surface area contributed by atoms with Gasteiger partial charge in [-0.1, -0.05) is 6.92 Å². The quantitative estimate of drug-likeness (QED) is 0.789. The Labute approximate surface area is 112 Å². The van der Waals surface area contributed by atoms with E-state index < -0.39 is 10.2 Å². The second kappa shape index (κ2) is 6.84. The summed E-state index contributed by atoms with van der Waals surface area (Å²) in [6.45, 7) is 3.22. The van der Waals surface area contributed by atoms with E-state index in [1.165, 1.54) is 8.61 Å². The Hall–Kier alpha value is -0.170. The predicted octanol–water partition coefficient (Wildman–Crippen LogP) is 1.04. The Balaban J connectivity index is 2.48. The summed E-state index contributed by atoms with van der Waals surface area (Å²) in [7, 11) is 1.60. The number of nitrogens with one attached hydrogen (secondary N) is 1. The normalized spacial score (nSPS) is 25.9. The molecular formula is C12H27N3O2S. The minimum Gasteiger partial charge on any atom is -0.314 e. The molecule has 0 spiro atoms. The van der Waals surface area contributed by atoms with Crippen LogP contribution in [-0.4, -0.2) is 56.8 Å². The second-order valence-electron chi connectivity index (χ2n) is 5.27. The van der Waals surface area contributed by atoms with Gasteiger partial charge in [0.2, 0.25) is 0 Å². The van der Waals surface area contributed by atoms with E-state index in [0.717, 1.165) is 38.6 Å². The van der Waals surface area contributed by atoms with Crippen LogP contribution < -0.4 is 5.32 Å². The molecular weight excluding hydrogens is 250 g/mol. The Morgan fingerprint density at radius 2 is 1.67 bits per heavy atom. The van der Waals surface area contributed by atoms with Gasteiger partial charge in [0, 0.05) is 33.2 Å². The minimum atomic E-state index is -3.26. The third-order valence-electron chi connectivity index (χ3n) is 3.72. The monoisotopic (exact) mass is 277 g/mol. The molecule has 0 unspecified atom stereocenters. The maximum Gasteiger partial charge on any atom is 0.281 e. The van der Waals surface area contributed by atoms with Crippen molar-refractivity contribution < 1.29 is 8.42 Å². The number of rotatable bonds is 6. The lowest BCUT2D eigenvalue weighted by Gasteiger charge is -2.35. The summed E-state index contributed by atoms with van der Waals surface area (Å²) in [6, 6.07) is 0.716. The van der Waals surface area contributed by atoms with Crippen molar-refractivity contribution in [3.05, 3.63) is 0 Å². The SMILES string of the molecule is CCCNC1CCC(N(C)S(=O)(=O)N(C)C)CC1. The van der Waals surface area contributed by atoms with E-state index in [1.54, 1.807) is 21.1 Å². The van der Waals surface area contributed by atoms with Crippen LogP contribution in [-0.2, 0) is 10.2 Å². The van der Waals surface area contributed by atoms with E-state index in [4.69, 9.17) is 0 Å². The Kier molecular flexibility index (Phi) is 6.04. The van der Waals surface area contributed by atoms with E-state index >= 15 is 0 Å². The molecule has 0 aromatic carbocycles. The zero-order chi connectivity index (χ0) is 13.8. The smallest absolute Gasteiger partial charge is 0.281 e. The molecule has 1 fully saturated rings. The Bertz CT molecular complexity index is 335. The highest BCUT2D eigenvalue weighted by Gasteiger charge is 2.31. The van der Waals surface area contributed by atoms with Crippen molar-refractivity contribution in [1.29, 1.82) is 0 Å². The van der Waals surface area contributed by atoms with E-state index in [2.05, 4.69) is 12.2 Å². The molecule has 0 radical (unpaired) electrons. The molecule has 0 aromatic rings. The average molecular weight is 277 g/mol. The maximum absolute atomic E-state index is 12.0. The highest BCUT2D eigenvalue weighted by molar-refractivity contribution is 7.86. The largest absolute Gasteiger partial charge is 0.314 e. The molecule has 0 saturated heterocycles. The first kappa shape index (κ1) is 15.9. The van der Waals surface area contributed by atoms with Crippen molar-refractivity contribution >= 4 is 10.2 Å². The van der Waals surface area contributed by atoms with Crippen molar-refractivity contribution in [2.75, 3.05) is 27.7 Å². The molecule has 1 N–H and O–H groups in total. The van der Waals surface area contributed by atoms with Crippen molar-refractivity contribution in [1.82, 2.24) is 13.9 Å². The van der Waals surface area contributed by atoms with Crippen molar-refractivity contribution in [2.24, 2.45) is 0 Å². The molecule has 1 aliphatic rings. The first-order valence-corrected chi connectivity index (χ1v) is 8.18. The van der Waals surface area contributed by atoms with Crippen LogP contribution >= 0.6 is 0 Å². The molecule has 18 heavy (non-hydrogen) atoms. The van der Waals surface area contributed by atoms with E-state index in [9.17, 15) is 8.42 Å². The lowest BCUT2D eigenvalue weighted by Crippen LogP contribution is -2.47. The highest BCUT2D eigenvalue weighted by Crippen LogP contribution is 2.24. The Morgan fingerprint density at radius 3 is 2.11 bits per heavy atom. The lowest BCUT2D eigenvalue weighted by molar-refractivity contribution is 0.242. The fourth-order valence-electron chi connectivity index (χ4n) is 2.44. The summed E-state index contributed by atoms with van der Waals surface area (Å²) in [5.41, 5.74) is 0. The standard InChI is InChI=1S/C12H27N3O2S/c1-5-10-13-11-6-8-12(9-7-11)15(4)18(16,17)14(2)3/h11-13H,5-10H2,1-4H3. The van der Waals surface area contributed by atoms with Crippen LogP contribution in [0.4, 0.5) is 0 Å². The van der Waals surface area contributed by atoms with Crippen LogP contribution in [0.15, 0.2) is 0 Å². The van der Waals surface area contributed by atoms with Crippen molar-refractivity contribution in [2.45, 2.75) is 51.1 Å². The van der Waals surface area contributed by atoms with Gasteiger partial charge in [0.1, 0.15) is 0 Å². The zero-order valence-electron chi connectivity index (χ0n) is 12.0. The summed E-state index contributed by atoms with van der Waals surface area (Å²) in [5, 5.41) is 3.51. The van der Waals surface area contributed by atoms with Gasteiger partial charge in [-0.3, -0.25) is 0 Å². The molecule has 0 aliphatic heterocycles. The molecule has 0 bridgehead atoms. The summed E-state index contributed by atoms with van der Waals surface area (Å²) in [4.78, 5) is 0. The highest BCUT2D eigenvalue weighted by atomic mass is 32.2. The molecule has 108 valence electrons. The molecule has 0 heterocycles. The van der Waals surface area contributed by atoms with Crippen LogP contribution in [0.25, 0.3) is 0 Å². The first-order chi connectivity index (χ1) is 8.39. The maximum atomic E-state index is 12.0. The van der Waals surface area contributed by atoms with Crippen LogP contribution in [0.3, 0.4) is 0 Å². The molecule has 1 aliphatic carbocycles. The molecule has 1 saturated carbocycles. The van der Waals surface area contributed by atoms with Crippen LogP contribution in [0.5, 0.6) is 0 Å². The van der Waals surface area contributed by atoms with Gasteiger partial charge in [-0.05, 0) is 38.6 Å². The number of nitrogens with zero attached hydrogens (tertiary/aromatic N) is 2. The molecule has 0 atom stereocenters. The topological polar surface area (TPSA) is 52.7 Å². The van der Waals surface area contributed by atoms with E-state index in [-0.39, 0.29) is 6.04 Å². The van der Waals surface area contributed by atoms with Gasteiger partial charge < -0.3 is 5.32 Å². The number of hydrogen-bond acceptors (Lipinski definition) is 3. The molecule has 0 amide bonds. The third-order valence-corrected chi connectivity index (χ3v) is 5.67. The second-order valence-corrected chi connectivity index (χ2v) is 7.47. The van der Waals surface area contributed by atoms with Gasteiger partial charge in [0.25, 0.3) is 10.2 Å². The fourth-order valence-corrected chi connectivity index (χ4v) is 3.54. The third kappa shape index (κ3) is 3.91. The fraction of sp³-hybridized carbons (Fsp3) is 1.00. The summed E-state index contributed by atoms with van der Waals surface area (Å²) < 4.78 is 26.9. The lowest BCUT2D eigenvalue weighted by atomic mass is 9.91. The summed E-state index contributed by atoms with van der Waals surface area (Å²) in [5.74, 6) is 0. The molecule has 5 nitrogen and oxygen atoms in total. The number of hydrogen-bond donors (Lipinski definition) is 1. The van der Waals surface area contributed by atoms with Crippen molar-refractivity contribution in [3.8, 4) is 0 Å². The van der Waals surface area contributed by atoms with Crippen LogP contribution in [0.2, 0.25) is 0 Å².